The minimum absolute atomic E-state index is 0.128. The number of carbonyl (C=O) groups is 2. The topological polar surface area (TPSA) is 80.3 Å². The molecule has 1 aromatic carbocycles. The van der Waals surface area contributed by atoms with E-state index in [1.54, 1.807) is 25.4 Å². The lowest BCUT2D eigenvalue weighted by Gasteiger charge is -2.08. The summed E-state index contributed by atoms with van der Waals surface area (Å²) in [7, 11) is 1.63. The van der Waals surface area contributed by atoms with Crippen LogP contribution in [0.3, 0.4) is 0 Å². The maximum absolute atomic E-state index is 11.5. The van der Waals surface area contributed by atoms with Crippen LogP contribution < -0.4 is 15.4 Å². The summed E-state index contributed by atoms with van der Waals surface area (Å²) in [4.78, 5) is 26.6. The highest BCUT2D eigenvalue weighted by atomic mass is 16.5. The van der Waals surface area contributed by atoms with E-state index >= 15 is 0 Å². The van der Waals surface area contributed by atoms with E-state index in [4.69, 9.17) is 4.74 Å². The molecule has 0 aliphatic carbocycles. The molecule has 23 heavy (non-hydrogen) atoms. The minimum Gasteiger partial charge on any atom is -0.497 e. The van der Waals surface area contributed by atoms with Gasteiger partial charge in [0.25, 0.3) is 0 Å². The molecule has 2 N–H and O–H groups in total. The summed E-state index contributed by atoms with van der Waals surface area (Å²) in [5, 5.41) is 5.82. The van der Waals surface area contributed by atoms with Gasteiger partial charge < -0.3 is 15.4 Å². The first-order chi connectivity index (χ1) is 11.1. The zero-order valence-corrected chi connectivity index (χ0v) is 13.1. The lowest BCUT2D eigenvalue weighted by Crippen LogP contribution is -2.14. The van der Waals surface area contributed by atoms with E-state index in [-0.39, 0.29) is 18.1 Å². The second-order valence-corrected chi connectivity index (χ2v) is 5.06. The van der Waals surface area contributed by atoms with Crippen molar-refractivity contribution in [3.8, 4) is 5.75 Å². The van der Waals surface area contributed by atoms with E-state index in [1.165, 1.54) is 6.92 Å². The van der Waals surface area contributed by atoms with Crippen molar-refractivity contribution in [1.29, 1.82) is 0 Å². The highest BCUT2D eigenvalue weighted by Gasteiger charge is 2.05. The Labute approximate surface area is 134 Å². The fourth-order valence-corrected chi connectivity index (χ4v) is 1.94. The Morgan fingerprint density at radius 3 is 2.43 bits per heavy atom. The number of nitrogens with one attached hydrogen (secondary N) is 2. The van der Waals surface area contributed by atoms with Crippen molar-refractivity contribution >= 4 is 23.2 Å². The van der Waals surface area contributed by atoms with Gasteiger partial charge in [0.15, 0.2) is 0 Å². The molecule has 0 fully saturated rings. The molecule has 6 nitrogen and oxygen atoms in total. The molecule has 0 spiro atoms. The number of benzene rings is 1. The van der Waals surface area contributed by atoms with Gasteiger partial charge in [0, 0.05) is 6.54 Å². The number of nitrogens with zero attached hydrogens (tertiary/aromatic N) is 1. The third kappa shape index (κ3) is 5.43. The van der Waals surface area contributed by atoms with Crippen molar-refractivity contribution in [3.05, 3.63) is 48.2 Å². The van der Waals surface area contributed by atoms with Crippen molar-refractivity contribution in [1.82, 2.24) is 4.98 Å². The molecule has 1 heterocycles. The van der Waals surface area contributed by atoms with Crippen LogP contribution in [0.4, 0.5) is 11.5 Å². The first-order valence-electron chi connectivity index (χ1n) is 7.19. The van der Waals surface area contributed by atoms with Gasteiger partial charge in [-0.3, -0.25) is 9.59 Å². The molecular formula is C17H19N3O3. The van der Waals surface area contributed by atoms with Gasteiger partial charge >= 0.3 is 0 Å². The molecule has 0 radical (unpaired) electrons. The third-order valence-corrected chi connectivity index (χ3v) is 3.09. The zero-order chi connectivity index (χ0) is 16.7. The average molecular weight is 313 g/mol. The number of anilines is 2. The quantitative estimate of drug-likeness (QED) is 0.768. The van der Waals surface area contributed by atoms with Crippen LogP contribution in [0.2, 0.25) is 0 Å². The summed E-state index contributed by atoms with van der Waals surface area (Å²) in [6, 6.07) is 11.3. The largest absolute Gasteiger partial charge is 0.497 e. The van der Waals surface area contributed by atoms with Gasteiger partial charge in [0.1, 0.15) is 17.4 Å². The summed E-state index contributed by atoms with van der Waals surface area (Å²) in [6.07, 6.45) is 1.42. The maximum atomic E-state index is 11.5. The van der Waals surface area contributed by atoms with Crippen LogP contribution in [0.1, 0.15) is 18.9 Å². The number of hydrogen-bond acceptors (Lipinski definition) is 5. The highest BCUT2D eigenvalue weighted by Crippen LogP contribution is 2.14. The Morgan fingerprint density at radius 2 is 1.87 bits per heavy atom. The Balaban J connectivity index is 1.86. The Bertz CT molecular complexity index is 666. The molecule has 0 aliphatic heterocycles. The van der Waals surface area contributed by atoms with Crippen molar-refractivity contribution in [2.24, 2.45) is 0 Å². The molecule has 1 amide bonds. The summed E-state index contributed by atoms with van der Waals surface area (Å²) >= 11 is 0. The number of hydrogen-bond donors (Lipinski definition) is 2. The molecule has 0 bridgehead atoms. The Kier molecular flexibility index (Phi) is 5.68. The SMILES string of the molecule is COc1ccc(CNc2ccc(NC(=O)CC(C)=O)cn2)cc1. The van der Waals surface area contributed by atoms with Crippen molar-refractivity contribution < 1.29 is 14.3 Å². The molecule has 0 atom stereocenters. The van der Waals surface area contributed by atoms with Crippen molar-refractivity contribution in [3.63, 3.8) is 0 Å². The van der Waals surface area contributed by atoms with E-state index in [2.05, 4.69) is 15.6 Å². The van der Waals surface area contributed by atoms with E-state index in [0.717, 1.165) is 11.3 Å². The van der Waals surface area contributed by atoms with Gasteiger partial charge in [0.05, 0.1) is 25.4 Å². The fourth-order valence-electron chi connectivity index (χ4n) is 1.94. The summed E-state index contributed by atoms with van der Waals surface area (Å²) < 4.78 is 5.11. The Morgan fingerprint density at radius 1 is 1.13 bits per heavy atom. The van der Waals surface area contributed by atoms with Crippen LogP contribution in [-0.4, -0.2) is 23.8 Å². The monoisotopic (exact) mass is 313 g/mol. The van der Waals surface area contributed by atoms with E-state index < -0.39 is 0 Å². The van der Waals surface area contributed by atoms with Crippen LogP contribution in [0.5, 0.6) is 5.75 Å². The zero-order valence-electron chi connectivity index (χ0n) is 13.1. The van der Waals surface area contributed by atoms with Gasteiger partial charge in [-0.25, -0.2) is 4.98 Å². The predicted molar refractivity (Wildman–Crippen MR) is 88.5 cm³/mol. The number of amides is 1. The summed E-state index contributed by atoms with van der Waals surface area (Å²) in [6.45, 7) is 2.01. The first-order valence-corrected chi connectivity index (χ1v) is 7.19. The fraction of sp³-hybridized carbons (Fsp3) is 0.235. The molecular weight excluding hydrogens is 294 g/mol. The second-order valence-electron chi connectivity index (χ2n) is 5.06. The molecule has 0 saturated heterocycles. The molecule has 6 heteroatoms. The van der Waals surface area contributed by atoms with E-state index in [9.17, 15) is 9.59 Å². The van der Waals surface area contributed by atoms with Crippen LogP contribution >= 0.6 is 0 Å². The van der Waals surface area contributed by atoms with Gasteiger partial charge in [-0.15, -0.1) is 0 Å². The van der Waals surface area contributed by atoms with Crippen LogP contribution in [0.15, 0.2) is 42.6 Å². The average Bonchev–Trinajstić information content (AvgIpc) is 2.54. The third-order valence-electron chi connectivity index (χ3n) is 3.09. The van der Waals surface area contributed by atoms with Crippen LogP contribution in [-0.2, 0) is 16.1 Å². The van der Waals surface area contributed by atoms with Crippen LogP contribution in [0.25, 0.3) is 0 Å². The maximum Gasteiger partial charge on any atom is 0.231 e. The lowest BCUT2D eigenvalue weighted by atomic mass is 10.2. The van der Waals surface area contributed by atoms with Gasteiger partial charge in [-0.2, -0.15) is 0 Å². The summed E-state index contributed by atoms with van der Waals surface area (Å²) in [5.74, 6) is 1.01. The molecule has 2 rings (SSSR count). The number of pyridine rings is 1. The Hall–Kier alpha value is -2.89. The summed E-state index contributed by atoms with van der Waals surface area (Å²) in [5.41, 5.74) is 1.66. The minimum atomic E-state index is -0.335. The number of rotatable bonds is 7. The van der Waals surface area contributed by atoms with Gasteiger partial charge in [-0.1, -0.05) is 12.1 Å². The highest BCUT2D eigenvalue weighted by molar-refractivity contribution is 6.03. The second kappa shape index (κ2) is 7.93. The van der Waals surface area contributed by atoms with E-state index in [0.29, 0.717) is 18.1 Å². The molecule has 0 unspecified atom stereocenters. The van der Waals surface area contributed by atoms with E-state index in [1.807, 2.05) is 24.3 Å². The van der Waals surface area contributed by atoms with Crippen molar-refractivity contribution in [2.45, 2.75) is 19.9 Å². The number of ether oxygens (including phenoxy) is 1. The number of Topliss-reactive ketones (excluding diaryl/α,β-unsaturated/α-hetero) is 1. The lowest BCUT2D eigenvalue weighted by molar-refractivity contribution is -0.124. The number of ketones is 1. The van der Waals surface area contributed by atoms with Gasteiger partial charge in [0.2, 0.25) is 5.91 Å². The smallest absolute Gasteiger partial charge is 0.231 e. The van der Waals surface area contributed by atoms with Crippen LogP contribution in [0, 0.1) is 0 Å². The molecule has 1 aromatic heterocycles. The normalized spacial score (nSPS) is 10.0. The predicted octanol–water partition coefficient (Wildman–Crippen LogP) is 2.62. The molecule has 0 aliphatic rings. The van der Waals surface area contributed by atoms with Crippen molar-refractivity contribution in [2.75, 3.05) is 17.7 Å². The number of methoxy groups -OCH3 is 1. The molecule has 0 saturated carbocycles. The standard InChI is InChI=1S/C17H19N3O3/c1-12(21)9-17(22)20-14-5-8-16(19-11-14)18-10-13-3-6-15(23-2)7-4-13/h3-8,11H,9-10H2,1-2H3,(H,18,19)(H,20,22). The van der Waals surface area contributed by atoms with Gasteiger partial charge in [-0.05, 0) is 36.8 Å². The molecule has 120 valence electrons. The number of carbonyl (C=O) groups excluding carboxylic acids is 2. The first kappa shape index (κ1) is 16.5. The number of aromatic nitrogens is 1. The molecule has 2 aromatic rings.